The predicted molar refractivity (Wildman–Crippen MR) is 108 cm³/mol. The molecule has 2 aliphatic heterocycles. The Labute approximate surface area is 167 Å². The SMILES string of the molecule is O=C(CC1CCN(C(=O)c2ccccc2Cl)CC1)NCCN1CCCCC1. The lowest BCUT2D eigenvalue weighted by Gasteiger charge is -2.32. The largest absolute Gasteiger partial charge is 0.355 e. The molecule has 6 heteroatoms. The molecule has 0 unspecified atom stereocenters. The lowest BCUT2D eigenvalue weighted by Crippen LogP contribution is -2.41. The van der Waals surface area contributed by atoms with E-state index in [-0.39, 0.29) is 11.8 Å². The van der Waals surface area contributed by atoms with Gasteiger partial charge in [-0.1, -0.05) is 30.2 Å². The van der Waals surface area contributed by atoms with Crippen molar-refractivity contribution in [3.8, 4) is 0 Å². The van der Waals surface area contributed by atoms with Crippen LogP contribution in [-0.4, -0.2) is 60.9 Å². The van der Waals surface area contributed by atoms with Crippen LogP contribution in [0.2, 0.25) is 5.02 Å². The molecule has 0 saturated carbocycles. The van der Waals surface area contributed by atoms with Crippen molar-refractivity contribution in [2.75, 3.05) is 39.3 Å². The summed E-state index contributed by atoms with van der Waals surface area (Å²) in [6.07, 6.45) is 6.19. The molecule has 2 fully saturated rings. The molecule has 0 atom stereocenters. The van der Waals surface area contributed by atoms with Crippen LogP contribution in [0.3, 0.4) is 0 Å². The molecule has 1 aromatic rings. The minimum atomic E-state index is -0.00923. The Bertz CT molecular complexity index is 638. The summed E-state index contributed by atoms with van der Waals surface area (Å²) in [5, 5.41) is 3.56. The molecule has 2 heterocycles. The average molecular weight is 392 g/mol. The highest BCUT2D eigenvalue weighted by atomic mass is 35.5. The highest BCUT2D eigenvalue weighted by Gasteiger charge is 2.26. The van der Waals surface area contributed by atoms with Crippen molar-refractivity contribution >= 4 is 23.4 Å². The Hall–Kier alpha value is -1.59. The number of hydrogen-bond donors (Lipinski definition) is 1. The van der Waals surface area contributed by atoms with Gasteiger partial charge in [-0.25, -0.2) is 0 Å². The lowest BCUT2D eigenvalue weighted by molar-refractivity contribution is -0.122. The van der Waals surface area contributed by atoms with Gasteiger partial charge in [-0.15, -0.1) is 0 Å². The van der Waals surface area contributed by atoms with Gasteiger partial charge in [0.15, 0.2) is 0 Å². The van der Waals surface area contributed by atoms with E-state index in [1.165, 1.54) is 19.3 Å². The minimum absolute atomic E-state index is 0.00923. The molecule has 2 saturated heterocycles. The molecular weight excluding hydrogens is 362 g/mol. The smallest absolute Gasteiger partial charge is 0.255 e. The summed E-state index contributed by atoms with van der Waals surface area (Å²) in [4.78, 5) is 29.1. The zero-order valence-corrected chi connectivity index (χ0v) is 16.7. The zero-order chi connectivity index (χ0) is 19.1. The summed E-state index contributed by atoms with van der Waals surface area (Å²) in [7, 11) is 0. The molecule has 0 aliphatic carbocycles. The fraction of sp³-hybridized carbons (Fsp3) is 0.619. The van der Waals surface area contributed by atoms with Crippen LogP contribution in [0.5, 0.6) is 0 Å². The Morgan fingerprint density at radius 3 is 2.44 bits per heavy atom. The van der Waals surface area contributed by atoms with E-state index in [2.05, 4.69) is 10.2 Å². The van der Waals surface area contributed by atoms with Crippen molar-refractivity contribution < 1.29 is 9.59 Å². The minimum Gasteiger partial charge on any atom is -0.355 e. The molecule has 3 rings (SSSR count). The molecule has 2 aliphatic rings. The summed E-state index contributed by atoms with van der Waals surface area (Å²) < 4.78 is 0. The first kappa shape index (κ1) is 20.2. The first-order valence-corrected chi connectivity index (χ1v) is 10.5. The number of likely N-dealkylation sites (tertiary alicyclic amines) is 2. The van der Waals surface area contributed by atoms with Crippen LogP contribution in [0.1, 0.15) is 48.9 Å². The summed E-state index contributed by atoms with van der Waals surface area (Å²) in [6, 6.07) is 7.18. The maximum atomic E-state index is 12.6. The molecule has 1 N–H and O–H groups in total. The van der Waals surface area contributed by atoms with Crippen molar-refractivity contribution in [3.63, 3.8) is 0 Å². The fourth-order valence-corrected chi connectivity index (χ4v) is 4.23. The number of amides is 2. The van der Waals surface area contributed by atoms with E-state index in [0.29, 0.717) is 36.0 Å². The Morgan fingerprint density at radius 2 is 1.74 bits per heavy atom. The molecule has 0 bridgehead atoms. The standard InChI is InChI=1S/C21H30ClN3O2/c22-19-7-3-2-6-18(19)21(27)25-13-8-17(9-14-25)16-20(26)23-10-15-24-11-4-1-5-12-24/h2-3,6-7,17H,1,4-5,8-16H2,(H,23,26). The van der Waals surface area contributed by atoms with Gasteiger partial charge in [-0.3, -0.25) is 9.59 Å². The van der Waals surface area contributed by atoms with Crippen molar-refractivity contribution in [2.24, 2.45) is 5.92 Å². The van der Waals surface area contributed by atoms with E-state index in [1.807, 2.05) is 17.0 Å². The number of benzene rings is 1. The zero-order valence-electron chi connectivity index (χ0n) is 16.0. The third-order valence-electron chi connectivity index (χ3n) is 5.68. The summed E-state index contributed by atoms with van der Waals surface area (Å²) in [5.41, 5.74) is 0.563. The quantitative estimate of drug-likeness (QED) is 0.810. The van der Waals surface area contributed by atoms with Crippen LogP contribution < -0.4 is 5.32 Å². The first-order chi connectivity index (χ1) is 13.1. The van der Waals surface area contributed by atoms with Crippen molar-refractivity contribution in [1.82, 2.24) is 15.1 Å². The second kappa shape index (κ2) is 10.1. The van der Waals surface area contributed by atoms with Crippen LogP contribution >= 0.6 is 11.6 Å². The number of hydrogen-bond acceptors (Lipinski definition) is 3. The van der Waals surface area contributed by atoms with Gasteiger partial charge < -0.3 is 15.1 Å². The Kier molecular flexibility index (Phi) is 7.53. The highest BCUT2D eigenvalue weighted by molar-refractivity contribution is 6.33. The summed E-state index contributed by atoms with van der Waals surface area (Å²) in [5.74, 6) is 0.489. The van der Waals surface area contributed by atoms with Crippen LogP contribution in [0.15, 0.2) is 24.3 Å². The van der Waals surface area contributed by atoms with E-state index < -0.39 is 0 Å². The predicted octanol–water partition coefficient (Wildman–Crippen LogP) is 3.18. The molecule has 0 spiro atoms. The molecule has 148 valence electrons. The average Bonchev–Trinajstić information content (AvgIpc) is 2.69. The molecule has 5 nitrogen and oxygen atoms in total. The highest BCUT2D eigenvalue weighted by Crippen LogP contribution is 2.24. The van der Waals surface area contributed by atoms with Crippen molar-refractivity contribution in [3.05, 3.63) is 34.9 Å². The Balaban J connectivity index is 1.35. The molecule has 0 aromatic heterocycles. The molecule has 1 aromatic carbocycles. The normalized spacial score (nSPS) is 19.1. The maximum absolute atomic E-state index is 12.6. The van der Waals surface area contributed by atoms with E-state index >= 15 is 0 Å². The number of nitrogens with zero attached hydrogens (tertiary/aromatic N) is 2. The monoisotopic (exact) mass is 391 g/mol. The van der Waals surface area contributed by atoms with E-state index in [1.54, 1.807) is 12.1 Å². The van der Waals surface area contributed by atoms with Crippen LogP contribution in [0, 0.1) is 5.92 Å². The topological polar surface area (TPSA) is 52.7 Å². The number of halogens is 1. The third kappa shape index (κ3) is 5.94. The number of piperidine rings is 2. The number of rotatable bonds is 6. The molecular formula is C21H30ClN3O2. The Morgan fingerprint density at radius 1 is 1.04 bits per heavy atom. The maximum Gasteiger partial charge on any atom is 0.255 e. The van der Waals surface area contributed by atoms with Gasteiger partial charge >= 0.3 is 0 Å². The third-order valence-corrected chi connectivity index (χ3v) is 6.01. The number of carbonyl (C=O) groups excluding carboxylic acids is 2. The van der Waals surface area contributed by atoms with Gasteiger partial charge in [-0.2, -0.15) is 0 Å². The van der Waals surface area contributed by atoms with Crippen LogP contribution in [-0.2, 0) is 4.79 Å². The molecule has 2 amide bonds. The van der Waals surface area contributed by atoms with Gasteiger partial charge in [0.05, 0.1) is 10.6 Å². The fourth-order valence-electron chi connectivity index (χ4n) is 4.02. The van der Waals surface area contributed by atoms with Crippen LogP contribution in [0.25, 0.3) is 0 Å². The number of carbonyl (C=O) groups is 2. The lowest BCUT2D eigenvalue weighted by atomic mass is 9.93. The van der Waals surface area contributed by atoms with Crippen molar-refractivity contribution in [2.45, 2.75) is 38.5 Å². The number of nitrogens with one attached hydrogen (secondary N) is 1. The van der Waals surface area contributed by atoms with Crippen molar-refractivity contribution in [1.29, 1.82) is 0 Å². The molecule has 0 radical (unpaired) electrons. The van der Waals surface area contributed by atoms with Gasteiger partial charge in [-0.05, 0) is 56.8 Å². The molecule has 27 heavy (non-hydrogen) atoms. The van der Waals surface area contributed by atoms with Crippen LogP contribution in [0.4, 0.5) is 0 Å². The van der Waals surface area contributed by atoms with E-state index in [0.717, 1.165) is 39.0 Å². The van der Waals surface area contributed by atoms with Gasteiger partial charge in [0.2, 0.25) is 5.91 Å². The first-order valence-electron chi connectivity index (χ1n) is 10.2. The summed E-state index contributed by atoms with van der Waals surface area (Å²) >= 11 is 6.14. The van der Waals surface area contributed by atoms with E-state index in [9.17, 15) is 9.59 Å². The van der Waals surface area contributed by atoms with Gasteiger partial charge in [0.25, 0.3) is 5.91 Å². The van der Waals surface area contributed by atoms with Gasteiger partial charge in [0.1, 0.15) is 0 Å². The van der Waals surface area contributed by atoms with E-state index in [4.69, 9.17) is 11.6 Å². The second-order valence-electron chi connectivity index (χ2n) is 7.67. The van der Waals surface area contributed by atoms with Gasteiger partial charge in [0, 0.05) is 32.6 Å². The summed E-state index contributed by atoms with van der Waals surface area (Å²) in [6.45, 7) is 5.40. The second-order valence-corrected chi connectivity index (χ2v) is 8.08.